The first-order valence-corrected chi connectivity index (χ1v) is 10.5. The Balaban J connectivity index is 1.57. The van der Waals surface area contributed by atoms with Crippen molar-refractivity contribution in [2.45, 2.75) is 52.5 Å². The van der Waals surface area contributed by atoms with E-state index >= 15 is 0 Å². The van der Waals surface area contributed by atoms with Crippen LogP contribution in [-0.2, 0) is 17.8 Å². The lowest BCUT2D eigenvalue weighted by molar-refractivity contribution is -0.132. The van der Waals surface area contributed by atoms with Gasteiger partial charge in [0.15, 0.2) is 5.76 Å². The van der Waals surface area contributed by atoms with E-state index in [2.05, 4.69) is 31.0 Å². The molecule has 0 radical (unpaired) electrons. The lowest BCUT2D eigenvalue weighted by Gasteiger charge is -2.29. The summed E-state index contributed by atoms with van der Waals surface area (Å²) in [7, 11) is 0. The molecule has 0 bridgehead atoms. The van der Waals surface area contributed by atoms with Gasteiger partial charge in [0.1, 0.15) is 5.76 Å². The molecular formula is C24H28N2O4. The van der Waals surface area contributed by atoms with E-state index in [9.17, 15) is 14.7 Å². The van der Waals surface area contributed by atoms with Gasteiger partial charge in [-0.2, -0.15) is 0 Å². The van der Waals surface area contributed by atoms with Crippen molar-refractivity contribution < 1.29 is 14.3 Å². The number of aromatic hydroxyl groups is 1. The Kier molecular flexibility index (Phi) is 5.41. The summed E-state index contributed by atoms with van der Waals surface area (Å²) in [5.41, 5.74) is 3.01. The van der Waals surface area contributed by atoms with Crippen molar-refractivity contribution in [3.63, 3.8) is 0 Å². The van der Waals surface area contributed by atoms with Crippen LogP contribution in [0.25, 0.3) is 10.9 Å². The van der Waals surface area contributed by atoms with E-state index in [-0.39, 0.29) is 35.7 Å². The van der Waals surface area contributed by atoms with Gasteiger partial charge in [-0.25, -0.2) is 0 Å². The van der Waals surface area contributed by atoms with Crippen LogP contribution in [0.5, 0.6) is 5.75 Å². The minimum atomic E-state index is -0.462. The van der Waals surface area contributed by atoms with Gasteiger partial charge in [-0.05, 0) is 37.3 Å². The van der Waals surface area contributed by atoms with Gasteiger partial charge in [0, 0.05) is 41.5 Å². The van der Waals surface area contributed by atoms with Crippen molar-refractivity contribution in [3.05, 3.63) is 63.3 Å². The summed E-state index contributed by atoms with van der Waals surface area (Å²) in [6.07, 6.45) is 1.66. The van der Waals surface area contributed by atoms with Crippen LogP contribution < -0.4 is 5.43 Å². The van der Waals surface area contributed by atoms with E-state index in [1.54, 1.807) is 6.92 Å². The van der Waals surface area contributed by atoms with Gasteiger partial charge in [-0.15, -0.1) is 0 Å². The summed E-state index contributed by atoms with van der Waals surface area (Å²) in [6, 6.07) is 9.48. The molecule has 158 valence electrons. The highest BCUT2D eigenvalue weighted by atomic mass is 16.4. The maximum absolute atomic E-state index is 13.2. The van der Waals surface area contributed by atoms with Gasteiger partial charge < -0.3 is 19.4 Å². The zero-order valence-electron chi connectivity index (χ0n) is 17.7. The number of aryl methyl sites for hydroxylation is 1. The molecule has 1 aliphatic rings. The maximum Gasteiger partial charge on any atom is 0.227 e. The van der Waals surface area contributed by atoms with Crippen LogP contribution in [0.4, 0.5) is 0 Å². The molecule has 2 aromatic heterocycles. The fraction of sp³-hybridized carbons (Fsp3) is 0.417. The van der Waals surface area contributed by atoms with Crippen LogP contribution >= 0.6 is 0 Å². The molecule has 3 aromatic rings. The molecule has 30 heavy (non-hydrogen) atoms. The summed E-state index contributed by atoms with van der Waals surface area (Å²) >= 11 is 0. The summed E-state index contributed by atoms with van der Waals surface area (Å²) in [5, 5.41) is 11.5. The fourth-order valence-corrected chi connectivity index (χ4v) is 4.50. The average molecular weight is 408 g/mol. The summed E-state index contributed by atoms with van der Waals surface area (Å²) in [5.74, 6) is 0.244. The number of nitrogens with one attached hydrogen (secondary N) is 1. The highest BCUT2D eigenvalue weighted by molar-refractivity contribution is 5.85. The molecular weight excluding hydrogens is 380 g/mol. The normalized spacial score (nSPS) is 14.9. The smallest absolute Gasteiger partial charge is 0.227 e. The molecule has 1 aromatic carbocycles. The SMILES string of the molecule is Cc1cc(=O)c(O)c([C@@H](CC(=O)N2CCc3c([nH]c4ccccc34)C2)CC(C)C)o1. The number of carbonyl (C=O) groups is 1. The van der Waals surface area contributed by atoms with Crippen molar-refractivity contribution >= 4 is 16.8 Å². The largest absolute Gasteiger partial charge is 0.502 e. The Morgan fingerprint density at radius 3 is 2.83 bits per heavy atom. The first-order valence-electron chi connectivity index (χ1n) is 10.5. The number of para-hydroxylation sites is 1. The van der Waals surface area contributed by atoms with Gasteiger partial charge >= 0.3 is 0 Å². The summed E-state index contributed by atoms with van der Waals surface area (Å²) < 4.78 is 5.71. The van der Waals surface area contributed by atoms with Crippen molar-refractivity contribution in [2.75, 3.05) is 6.54 Å². The molecule has 0 spiro atoms. The number of hydrogen-bond acceptors (Lipinski definition) is 4. The maximum atomic E-state index is 13.2. The molecule has 6 heteroatoms. The van der Waals surface area contributed by atoms with Crippen molar-refractivity contribution in [2.24, 2.45) is 5.92 Å². The van der Waals surface area contributed by atoms with Gasteiger partial charge in [-0.3, -0.25) is 9.59 Å². The summed E-state index contributed by atoms with van der Waals surface area (Å²) in [6.45, 7) is 6.99. The molecule has 0 fully saturated rings. The van der Waals surface area contributed by atoms with Crippen molar-refractivity contribution in [1.29, 1.82) is 0 Å². The zero-order valence-corrected chi connectivity index (χ0v) is 17.7. The molecule has 0 aliphatic carbocycles. The molecule has 6 nitrogen and oxygen atoms in total. The van der Waals surface area contributed by atoms with E-state index in [0.29, 0.717) is 25.3 Å². The predicted octanol–water partition coefficient (Wildman–Crippen LogP) is 4.24. The van der Waals surface area contributed by atoms with Crippen LogP contribution in [-0.4, -0.2) is 27.4 Å². The van der Waals surface area contributed by atoms with E-state index < -0.39 is 5.43 Å². The van der Waals surface area contributed by atoms with Crippen LogP contribution in [0.3, 0.4) is 0 Å². The van der Waals surface area contributed by atoms with Crippen molar-refractivity contribution in [1.82, 2.24) is 9.88 Å². The molecule has 0 saturated heterocycles. The number of benzene rings is 1. The second-order valence-corrected chi connectivity index (χ2v) is 8.66. The standard InChI is InChI=1S/C24H28N2O4/c1-14(2)10-16(24-23(29)21(27)11-15(3)30-24)12-22(28)26-9-8-18-17-6-4-5-7-19(17)25-20(18)13-26/h4-7,11,14,16,25,29H,8-10,12-13H2,1-3H3/t16-/m1/s1. The number of aromatic amines is 1. The van der Waals surface area contributed by atoms with Gasteiger partial charge in [0.2, 0.25) is 17.1 Å². The number of amides is 1. The van der Waals surface area contributed by atoms with Crippen LogP contribution in [0.1, 0.15) is 55.4 Å². The molecule has 0 saturated carbocycles. The number of hydrogen-bond donors (Lipinski definition) is 2. The van der Waals surface area contributed by atoms with Crippen LogP contribution in [0, 0.1) is 12.8 Å². The van der Waals surface area contributed by atoms with Crippen LogP contribution in [0.2, 0.25) is 0 Å². The summed E-state index contributed by atoms with van der Waals surface area (Å²) in [4.78, 5) is 30.5. The lowest BCUT2D eigenvalue weighted by Crippen LogP contribution is -2.36. The Bertz CT molecular complexity index is 1140. The molecule has 2 N–H and O–H groups in total. The van der Waals surface area contributed by atoms with Crippen LogP contribution in [0.15, 0.2) is 39.5 Å². The van der Waals surface area contributed by atoms with Gasteiger partial charge in [0.25, 0.3) is 0 Å². The van der Waals surface area contributed by atoms with E-state index in [1.807, 2.05) is 17.0 Å². The minimum absolute atomic E-state index is 0.00788. The Morgan fingerprint density at radius 2 is 2.07 bits per heavy atom. The molecule has 4 rings (SSSR count). The average Bonchev–Trinajstić information content (AvgIpc) is 3.07. The monoisotopic (exact) mass is 408 g/mol. The van der Waals surface area contributed by atoms with E-state index in [4.69, 9.17) is 4.42 Å². The first-order chi connectivity index (χ1) is 14.3. The number of H-pyrrole nitrogens is 1. The topological polar surface area (TPSA) is 86.5 Å². The number of carbonyl (C=O) groups excluding carboxylic acids is 1. The van der Waals surface area contributed by atoms with E-state index in [0.717, 1.165) is 17.6 Å². The molecule has 1 atom stereocenters. The molecule has 1 amide bonds. The third-order valence-electron chi connectivity index (χ3n) is 5.86. The molecule has 1 aliphatic heterocycles. The Morgan fingerprint density at radius 1 is 1.30 bits per heavy atom. The number of aromatic nitrogens is 1. The predicted molar refractivity (Wildman–Crippen MR) is 116 cm³/mol. The second-order valence-electron chi connectivity index (χ2n) is 8.66. The quantitative estimate of drug-likeness (QED) is 0.661. The van der Waals surface area contributed by atoms with Gasteiger partial charge in [-0.1, -0.05) is 32.0 Å². The Labute approximate surface area is 175 Å². The van der Waals surface area contributed by atoms with Gasteiger partial charge in [0.05, 0.1) is 6.54 Å². The third kappa shape index (κ3) is 3.86. The van der Waals surface area contributed by atoms with E-state index in [1.165, 1.54) is 17.0 Å². The zero-order chi connectivity index (χ0) is 21.4. The molecule has 3 heterocycles. The number of nitrogens with zero attached hydrogens (tertiary/aromatic N) is 1. The number of fused-ring (bicyclic) bond motifs is 3. The Hall–Kier alpha value is -3.02. The first kappa shape index (κ1) is 20.3. The minimum Gasteiger partial charge on any atom is -0.502 e. The third-order valence-corrected chi connectivity index (χ3v) is 5.86. The lowest BCUT2D eigenvalue weighted by atomic mass is 9.90. The molecule has 0 unspecified atom stereocenters. The van der Waals surface area contributed by atoms with Crippen molar-refractivity contribution in [3.8, 4) is 5.75 Å². The number of rotatable bonds is 5. The highest BCUT2D eigenvalue weighted by Crippen LogP contribution is 2.34. The highest BCUT2D eigenvalue weighted by Gasteiger charge is 2.29. The second kappa shape index (κ2) is 8.01. The fourth-order valence-electron chi connectivity index (χ4n) is 4.50.